The predicted molar refractivity (Wildman–Crippen MR) is 161 cm³/mol. The molecule has 3 unspecified atom stereocenters. The smallest absolute Gasteiger partial charge is 0.254 e. The molecule has 0 amide bonds. The number of nitrogens with zero attached hydrogens (tertiary/aromatic N) is 6. The van der Waals surface area contributed by atoms with E-state index in [1.165, 1.54) is 16.7 Å². The number of aryl methyl sites for hydroxylation is 1. The fraction of sp³-hybridized carbons (Fsp3) is 0.258. The predicted octanol–water partition coefficient (Wildman–Crippen LogP) is 6.95. The van der Waals surface area contributed by atoms with Gasteiger partial charge in [0.15, 0.2) is 5.15 Å². The first-order valence-electron chi connectivity index (χ1n) is 13.6. The quantitative estimate of drug-likeness (QED) is 0.187. The van der Waals surface area contributed by atoms with Gasteiger partial charge in [0.05, 0.1) is 23.6 Å². The summed E-state index contributed by atoms with van der Waals surface area (Å²) in [6.45, 7) is 4.16. The van der Waals surface area contributed by atoms with Crippen molar-refractivity contribution >= 4 is 46.1 Å². The average molecular weight is 602 g/mol. The SMILES string of the molecule is C=C1CCc2cc(C3=C(Cl)N=C(C4C5CC5c5nc(-c6cc(Cl)ccc6-n6cc(Cl)nn6)cc(=O)n54)C3)ccc2C1. The number of aromatic nitrogens is 5. The molecule has 2 aromatic carbocycles. The molecule has 204 valence electrons. The number of allylic oxidation sites excluding steroid dienone is 2. The van der Waals surface area contributed by atoms with Crippen molar-refractivity contribution in [3.05, 3.63) is 109 Å². The Bertz CT molecular complexity index is 1940. The van der Waals surface area contributed by atoms with Crippen molar-refractivity contribution in [2.75, 3.05) is 0 Å². The maximum Gasteiger partial charge on any atom is 0.254 e. The molecule has 4 aliphatic rings. The highest BCUT2D eigenvalue weighted by Gasteiger charge is 2.56. The highest BCUT2D eigenvalue weighted by molar-refractivity contribution is 6.35. The van der Waals surface area contributed by atoms with Crippen LogP contribution in [0.5, 0.6) is 0 Å². The first-order valence-corrected chi connectivity index (χ1v) is 14.7. The van der Waals surface area contributed by atoms with E-state index in [2.05, 4.69) is 35.1 Å². The molecule has 4 aromatic rings. The molecule has 1 saturated carbocycles. The summed E-state index contributed by atoms with van der Waals surface area (Å²) >= 11 is 19.1. The number of fused-ring (bicyclic) bond motifs is 4. The molecule has 2 aliphatic heterocycles. The average Bonchev–Trinajstić information content (AvgIpc) is 3.27. The standard InChI is InChI=1S/C31H23Cl3N6O/c1-15-2-3-17-9-18(5-4-16(17)8-15)20-12-25(35-30(20)34)29-21-11-22(21)31-36-24(13-28(41)40(29)31)23-10-19(32)6-7-26(23)39-14-27(33)37-38-39/h4-7,9-10,13-14,21-22,29H,1-3,8,11-12H2. The zero-order chi connectivity index (χ0) is 28.0. The topological polar surface area (TPSA) is 78.0 Å². The van der Waals surface area contributed by atoms with Crippen LogP contribution in [0.3, 0.4) is 0 Å². The summed E-state index contributed by atoms with van der Waals surface area (Å²) < 4.78 is 3.38. The third-order valence-electron chi connectivity index (χ3n) is 8.71. The van der Waals surface area contributed by atoms with Gasteiger partial charge in [-0.1, -0.05) is 70.4 Å². The third kappa shape index (κ3) is 4.13. The van der Waals surface area contributed by atoms with Gasteiger partial charge < -0.3 is 0 Å². The molecule has 0 saturated heterocycles. The van der Waals surface area contributed by atoms with Crippen LogP contribution in [-0.2, 0) is 12.8 Å². The van der Waals surface area contributed by atoms with Crippen molar-refractivity contribution in [1.29, 1.82) is 0 Å². The van der Waals surface area contributed by atoms with E-state index >= 15 is 0 Å². The van der Waals surface area contributed by atoms with E-state index in [4.69, 9.17) is 44.8 Å². The van der Waals surface area contributed by atoms with Crippen molar-refractivity contribution < 1.29 is 0 Å². The van der Waals surface area contributed by atoms with Gasteiger partial charge in [-0.2, -0.15) is 0 Å². The van der Waals surface area contributed by atoms with Gasteiger partial charge in [-0.25, -0.2) is 14.7 Å². The zero-order valence-corrected chi connectivity index (χ0v) is 24.1. The summed E-state index contributed by atoms with van der Waals surface area (Å²) in [5, 5.41) is 9.28. The van der Waals surface area contributed by atoms with Crippen LogP contribution in [0.1, 0.15) is 53.7 Å². The van der Waals surface area contributed by atoms with Gasteiger partial charge >= 0.3 is 0 Å². The van der Waals surface area contributed by atoms with E-state index in [0.29, 0.717) is 33.5 Å². The van der Waals surface area contributed by atoms with Gasteiger partial charge in [-0.15, -0.1) is 5.10 Å². The van der Waals surface area contributed by atoms with Crippen LogP contribution in [0.4, 0.5) is 0 Å². The van der Waals surface area contributed by atoms with Crippen molar-refractivity contribution in [2.24, 2.45) is 10.9 Å². The Morgan fingerprint density at radius 3 is 2.68 bits per heavy atom. The summed E-state index contributed by atoms with van der Waals surface area (Å²) in [5.74, 6) is 1.28. The molecule has 1 fully saturated rings. The fourth-order valence-electron chi connectivity index (χ4n) is 6.68. The third-order valence-corrected chi connectivity index (χ3v) is 9.44. The van der Waals surface area contributed by atoms with Crippen LogP contribution >= 0.6 is 34.8 Å². The fourth-order valence-corrected chi connectivity index (χ4v) is 7.26. The molecule has 7 nitrogen and oxygen atoms in total. The molecule has 41 heavy (non-hydrogen) atoms. The Morgan fingerprint density at radius 2 is 1.85 bits per heavy atom. The number of aliphatic imine (C=N–C) groups is 1. The van der Waals surface area contributed by atoms with Crippen LogP contribution in [0.2, 0.25) is 10.2 Å². The Hall–Kier alpha value is -3.52. The van der Waals surface area contributed by atoms with Crippen molar-refractivity contribution in [2.45, 2.75) is 44.1 Å². The van der Waals surface area contributed by atoms with Crippen LogP contribution in [0.15, 0.2) is 75.8 Å². The Labute approximate surface area is 250 Å². The molecule has 0 N–H and O–H groups in total. The molecule has 10 heteroatoms. The van der Waals surface area contributed by atoms with Crippen LogP contribution in [-0.4, -0.2) is 30.3 Å². The molecule has 2 aliphatic carbocycles. The van der Waals surface area contributed by atoms with Crippen molar-refractivity contribution in [3.63, 3.8) is 0 Å². The van der Waals surface area contributed by atoms with E-state index in [-0.39, 0.29) is 28.6 Å². The molecule has 0 radical (unpaired) electrons. The van der Waals surface area contributed by atoms with Gasteiger partial charge in [-0.3, -0.25) is 9.36 Å². The lowest BCUT2D eigenvalue weighted by molar-refractivity contribution is 0.576. The molecule has 4 heterocycles. The minimum atomic E-state index is -0.149. The number of benzene rings is 2. The van der Waals surface area contributed by atoms with E-state index in [0.717, 1.165) is 48.4 Å². The molecular weight excluding hydrogens is 579 g/mol. The van der Waals surface area contributed by atoms with Gasteiger partial charge in [0.25, 0.3) is 5.56 Å². The second-order valence-corrected chi connectivity index (χ2v) is 12.4. The molecule has 0 bridgehead atoms. The Kier molecular flexibility index (Phi) is 5.68. The monoisotopic (exact) mass is 600 g/mol. The summed E-state index contributed by atoms with van der Waals surface area (Å²) in [4.78, 5) is 23.6. The zero-order valence-electron chi connectivity index (χ0n) is 21.8. The molecule has 0 spiro atoms. The Morgan fingerprint density at radius 1 is 0.976 bits per heavy atom. The summed E-state index contributed by atoms with van der Waals surface area (Å²) in [7, 11) is 0. The minimum Gasteiger partial charge on any atom is -0.287 e. The van der Waals surface area contributed by atoms with Gasteiger partial charge in [0.1, 0.15) is 11.0 Å². The van der Waals surface area contributed by atoms with Gasteiger partial charge in [-0.05, 0) is 66.5 Å². The normalized spacial score (nSPS) is 22.5. The summed E-state index contributed by atoms with van der Waals surface area (Å²) in [6, 6.07) is 13.4. The van der Waals surface area contributed by atoms with Gasteiger partial charge in [0, 0.05) is 40.3 Å². The van der Waals surface area contributed by atoms with Crippen LogP contribution in [0, 0.1) is 5.92 Å². The van der Waals surface area contributed by atoms with Crippen molar-refractivity contribution in [1.82, 2.24) is 24.5 Å². The molecule has 2 aromatic heterocycles. The number of hydrogen-bond donors (Lipinski definition) is 0. The number of halogens is 3. The first-order chi connectivity index (χ1) is 19.8. The van der Waals surface area contributed by atoms with E-state index in [1.54, 1.807) is 29.1 Å². The first kappa shape index (κ1) is 25.2. The lowest BCUT2D eigenvalue weighted by Gasteiger charge is -2.20. The van der Waals surface area contributed by atoms with Gasteiger partial charge in [0.2, 0.25) is 0 Å². The van der Waals surface area contributed by atoms with Crippen LogP contribution < -0.4 is 5.56 Å². The minimum absolute atomic E-state index is 0.119. The second kappa shape index (κ2) is 9.24. The highest BCUT2D eigenvalue weighted by atomic mass is 35.5. The lowest BCUT2D eigenvalue weighted by Crippen LogP contribution is -2.30. The number of rotatable bonds is 4. The largest absolute Gasteiger partial charge is 0.287 e. The molecule has 3 atom stereocenters. The molecular formula is C31H23Cl3N6O. The second-order valence-electron chi connectivity index (χ2n) is 11.3. The number of hydrogen-bond acceptors (Lipinski definition) is 5. The Balaban J connectivity index is 1.13. The molecule has 8 rings (SSSR count). The van der Waals surface area contributed by atoms with E-state index in [1.807, 2.05) is 10.6 Å². The van der Waals surface area contributed by atoms with Crippen molar-refractivity contribution in [3.8, 4) is 16.9 Å². The van der Waals surface area contributed by atoms with Crippen LogP contribution in [0.25, 0.3) is 22.5 Å². The summed E-state index contributed by atoms with van der Waals surface area (Å²) in [6.07, 6.45) is 6.16. The highest BCUT2D eigenvalue weighted by Crippen LogP contribution is 2.60. The maximum atomic E-state index is 13.7. The summed E-state index contributed by atoms with van der Waals surface area (Å²) in [5.41, 5.74) is 8.82. The van der Waals surface area contributed by atoms with E-state index < -0.39 is 0 Å². The van der Waals surface area contributed by atoms with E-state index in [9.17, 15) is 4.79 Å². The lowest BCUT2D eigenvalue weighted by atomic mass is 9.86. The maximum absolute atomic E-state index is 13.7.